The van der Waals surface area contributed by atoms with Crippen LogP contribution in [0.5, 0.6) is 0 Å². The van der Waals surface area contributed by atoms with E-state index in [9.17, 15) is 8.78 Å². The summed E-state index contributed by atoms with van der Waals surface area (Å²) in [4.78, 5) is 0. The molecule has 1 unspecified atom stereocenters. The average molecular weight is 209 g/mol. The Balaban J connectivity index is 2.41. The summed E-state index contributed by atoms with van der Waals surface area (Å²) < 4.78 is 31.1. The van der Waals surface area contributed by atoms with Crippen LogP contribution in [-0.2, 0) is 0 Å². The third-order valence-electron chi connectivity index (χ3n) is 2.20. The fourth-order valence-corrected chi connectivity index (χ4v) is 1.38. The lowest BCUT2D eigenvalue weighted by molar-refractivity contribution is 0.556. The van der Waals surface area contributed by atoms with Gasteiger partial charge < -0.3 is 10.2 Å². The van der Waals surface area contributed by atoms with Gasteiger partial charge in [0.25, 0.3) is 0 Å². The number of rotatable bonds is 2. The number of furan rings is 1. The first kappa shape index (κ1) is 9.86. The molecule has 0 saturated carbocycles. The fourth-order valence-electron chi connectivity index (χ4n) is 1.38. The third-order valence-corrected chi connectivity index (χ3v) is 2.20. The van der Waals surface area contributed by atoms with Crippen molar-refractivity contribution in [3.63, 3.8) is 0 Å². The van der Waals surface area contributed by atoms with Gasteiger partial charge in [0.2, 0.25) is 0 Å². The Morgan fingerprint density at radius 2 is 2.00 bits per heavy atom. The predicted octanol–water partition coefficient (Wildman–Crippen LogP) is 2.61. The van der Waals surface area contributed by atoms with E-state index < -0.39 is 17.7 Å². The van der Waals surface area contributed by atoms with Gasteiger partial charge in [-0.05, 0) is 24.3 Å². The SMILES string of the molecule is NC(c1ccoc1)c1cc(F)ccc1F. The molecule has 0 spiro atoms. The highest BCUT2D eigenvalue weighted by atomic mass is 19.1. The molecule has 0 aliphatic heterocycles. The van der Waals surface area contributed by atoms with Gasteiger partial charge in [-0.15, -0.1) is 0 Å². The van der Waals surface area contributed by atoms with Crippen molar-refractivity contribution in [3.8, 4) is 0 Å². The number of benzene rings is 1. The van der Waals surface area contributed by atoms with E-state index in [-0.39, 0.29) is 5.56 Å². The minimum atomic E-state index is -0.709. The third kappa shape index (κ3) is 1.89. The Morgan fingerprint density at radius 1 is 1.20 bits per heavy atom. The normalized spacial score (nSPS) is 12.7. The summed E-state index contributed by atoms with van der Waals surface area (Å²) in [5.74, 6) is -1.03. The molecule has 0 aliphatic rings. The van der Waals surface area contributed by atoms with E-state index in [0.29, 0.717) is 5.56 Å². The molecule has 15 heavy (non-hydrogen) atoms. The summed E-state index contributed by atoms with van der Waals surface area (Å²) in [5, 5.41) is 0. The second-order valence-corrected chi connectivity index (χ2v) is 3.20. The maximum absolute atomic E-state index is 13.3. The van der Waals surface area contributed by atoms with Gasteiger partial charge in [-0.25, -0.2) is 8.78 Å². The van der Waals surface area contributed by atoms with Gasteiger partial charge >= 0.3 is 0 Å². The summed E-state index contributed by atoms with van der Waals surface area (Å²) >= 11 is 0. The van der Waals surface area contributed by atoms with Gasteiger partial charge in [0.05, 0.1) is 18.6 Å². The minimum Gasteiger partial charge on any atom is -0.472 e. The Kier molecular flexibility index (Phi) is 2.51. The maximum atomic E-state index is 13.3. The molecule has 0 bridgehead atoms. The van der Waals surface area contributed by atoms with Crippen LogP contribution >= 0.6 is 0 Å². The summed E-state index contributed by atoms with van der Waals surface area (Å²) in [6.45, 7) is 0. The topological polar surface area (TPSA) is 39.2 Å². The lowest BCUT2D eigenvalue weighted by atomic mass is 10.0. The molecule has 2 N–H and O–H groups in total. The molecule has 1 heterocycles. The van der Waals surface area contributed by atoms with Crippen LogP contribution in [0.3, 0.4) is 0 Å². The lowest BCUT2D eigenvalue weighted by Gasteiger charge is -2.10. The van der Waals surface area contributed by atoms with E-state index >= 15 is 0 Å². The molecule has 1 aromatic carbocycles. The van der Waals surface area contributed by atoms with Crippen LogP contribution in [0.25, 0.3) is 0 Å². The second kappa shape index (κ2) is 3.82. The van der Waals surface area contributed by atoms with Crippen molar-refractivity contribution in [3.05, 3.63) is 59.6 Å². The molecular weight excluding hydrogens is 200 g/mol. The molecule has 2 aromatic rings. The number of nitrogens with two attached hydrogens (primary N) is 1. The van der Waals surface area contributed by atoms with Crippen molar-refractivity contribution >= 4 is 0 Å². The molecule has 0 saturated heterocycles. The van der Waals surface area contributed by atoms with Gasteiger partial charge in [-0.3, -0.25) is 0 Å². The number of hydrogen-bond donors (Lipinski definition) is 1. The van der Waals surface area contributed by atoms with Crippen LogP contribution in [0.2, 0.25) is 0 Å². The molecule has 0 aliphatic carbocycles. The Bertz CT molecular complexity index is 454. The summed E-state index contributed by atoms with van der Waals surface area (Å²) in [6.07, 6.45) is 2.85. The van der Waals surface area contributed by atoms with E-state index in [1.54, 1.807) is 6.07 Å². The largest absolute Gasteiger partial charge is 0.472 e. The highest BCUT2D eigenvalue weighted by Crippen LogP contribution is 2.23. The van der Waals surface area contributed by atoms with Crippen LogP contribution in [0.4, 0.5) is 8.78 Å². The maximum Gasteiger partial charge on any atom is 0.128 e. The smallest absolute Gasteiger partial charge is 0.128 e. The zero-order valence-corrected chi connectivity index (χ0v) is 7.78. The van der Waals surface area contributed by atoms with Crippen molar-refractivity contribution in [2.24, 2.45) is 5.73 Å². The first-order chi connectivity index (χ1) is 7.18. The molecule has 4 heteroatoms. The Labute approximate surface area is 85.3 Å². The monoisotopic (exact) mass is 209 g/mol. The van der Waals surface area contributed by atoms with Crippen LogP contribution in [0.1, 0.15) is 17.2 Å². The van der Waals surface area contributed by atoms with E-state index in [4.69, 9.17) is 10.2 Å². The van der Waals surface area contributed by atoms with Gasteiger partial charge in [0, 0.05) is 11.1 Å². The van der Waals surface area contributed by atoms with E-state index in [0.717, 1.165) is 18.2 Å². The van der Waals surface area contributed by atoms with Crippen molar-refractivity contribution in [1.82, 2.24) is 0 Å². The molecule has 1 atom stereocenters. The van der Waals surface area contributed by atoms with Gasteiger partial charge in [-0.2, -0.15) is 0 Å². The highest BCUT2D eigenvalue weighted by Gasteiger charge is 2.15. The molecule has 0 amide bonds. The van der Waals surface area contributed by atoms with Crippen LogP contribution < -0.4 is 5.73 Å². The van der Waals surface area contributed by atoms with Crippen molar-refractivity contribution < 1.29 is 13.2 Å². The molecule has 2 rings (SSSR count). The van der Waals surface area contributed by atoms with Crippen LogP contribution in [0, 0.1) is 11.6 Å². The summed E-state index contributed by atoms with van der Waals surface area (Å²) in [5.41, 5.74) is 6.50. The first-order valence-corrected chi connectivity index (χ1v) is 4.41. The van der Waals surface area contributed by atoms with Crippen molar-refractivity contribution in [2.75, 3.05) is 0 Å². The molecular formula is C11H9F2NO. The van der Waals surface area contributed by atoms with Crippen LogP contribution in [0.15, 0.2) is 41.2 Å². The summed E-state index contributed by atoms with van der Waals surface area (Å²) in [6, 6.07) is 4.12. The molecule has 0 fully saturated rings. The average Bonchev–Trinajstić information content (AvgIpc) is 2.74. The zero-order chi connectivity index (χ0) is 10.8. The zero-order valence-electron chi connectivity index (χ0n) is 7.78. The second-order valence-electron chi connectivity index (χ2n) is 3.20. The van der Waals surface area contributed by atoms with Crippen LogP contribution in [-0.4, -0.2) is 0 Å². The first-order valence-electron chi connectivity index (χ1n) is 4.41. The quantitative estimate of drug-likeness (QED) is 0.825. The van der Waals surface area contributed by atoms with Crippen molar-refractivity contribution in [2.45, 2.75) is 6.04 Å². The van der Waals surface area contributed by atoms with Gasteiger partial charge in [0.15, 0.2) is 0 Å². The van der Waals surface area contributed by atoms with E-state index in [2.05, 4.69) is 0 Å². The molecule has 78 valence electrons. The van der Waals surface area contributed by atoms with Gasteiger partial charge in [-0.1, -0.05) is 0 Å². The molecule has 0 radical (unpaired) electrons. The highest BCUT2D eigenvalue weighted by molar-refractivity contribution is 5.30. The fraction of sp³-hybridized carbons (Fsp3) is 0.0909. The Hall–Kier alpha value is -1.68. The van der Waals surface area contributed by atoms with E-state index in [1.165, 1.54) is 12.5 Å². The van der Waals surface area contributed by atoms with E-state index in [1.807, 2.05) is 0 Å². The Morgan fingerprint density at radius 3 is 2.67 bits per heavy atom. The minimum absolute atomic E-state index is 0.122. The summed E-state index contributed by atoms with van der Waals surface area (Å²) in [7, 11) is 0. The van der Waals surface area contributed by atoms with Crippen molar-refractivity contribution in [1.29, 1.82) is 0 Å². The van der Waals surface area contributed by atoms with Gasteiger partial charge in [0.1, 0.15) is 11.6 Å². The molecule has 2 nitrogen and oxygen atoms in total. The number of hydrogen-bond acceptors (Lipinski definition) is 2. The number of halogens is 2. The predicted molar refractivity (Wildman–Crippen MR) is 51.1 cm³/mol. The standard InChI is InChI=1S/C11H9F2NO/c12-8-1-2-10(13)9(5-8)11(14)7-3-4-15-6-7/h1-6,11H,14H2. The molecule has 1 aromatic heterocycles. The lowest BCUT2D eigenvalue weighted by Crippen LogP contribution is -2.13.